The van der Waals surface area contributed by atoms with Crippen LogP contribution >= 0.6 is 0 Å². The van der Waals surface area contributed by atoms with Crippen LogP contribution in [0.2, 0.25) is 0 Å². The van der Waals surface area contributed by atoms with Crippen molar-refractivity contribution in [3.8, 4) is 0 Å². The minimum Gasteiger partial charge on any atom is -0.397 e. The molecule has 1 amide bonds. The van der Waals surface area contributed by atoms with Crippen molar-refractivity contribution in [2.45, 2.75) is 19.4 Å². The maximum absolute atomic E-state index is 11.7. The van der Waals surface area contributed by atoms with Gasteiger partial charge >= 0.3 is 0 Å². The summed E-state index contributed by atoms with van der Waals surface area (Å²) in [6, 6.07) is 3.19. The smallest absolute Gasteiger partial charge is 0.270 e. The number of carbonyl (C=O) groups excluding carboxylic acids is 1. The number of carbonyl (C=O) groups is 1. The van der Waals surface area contributed by atoms with Crippen LogP contribution in [-0.2, 0) is 10.8 Å². The van der Waals surface area contributed by atoms with Crippen molar-refractivity contribution in [2.75, 3.05) is 17.7 Å². The highest BCUT2D eigenvalue weighted by Crippen LogP contribution is 2.02. The van der Waals surface area contributed by atoms with Gasteiger partial charge in [0.05, 0.1) is 11.9 Å². The van der Waals surface area contributed by atoms with Crippen LogP contribution in [0.15, 0.2) is 18.3 Å². The number of nitrogen functional groups attached to an aromatic ring is 1. The van der Waals surface area contributed by atoms with Crippen molar-refractivity contribution in [3.63, 3.8) is 0 Å². The van der Waals surface area contributed by atoms with Gasteiger partial charge in [0.25, 0.3) is 5.91 Å². The Labute approximate surface area is 103 Å². The molecule has 0 aliphatic heterocycles. The first kappa shape index (κ1) is 13.6. The summed E-state index contributed by atoms with van der Waals surface area (Å²) < 4.78 is 10.9. The summed E-state index contributed by atoms with van der Waals surface area (Å²) in [4.78, 5) is 15.7. The molecule has 3 N–H and O–H groups in total. The number of hydrogen-bond acceptors (Lipinski definition) is 4. The first-order valence-corrected chi connectivity index (χ1v) is 7.04. The maximum atomic E-state index is 11.7. The zero-order valence-electron chi connectivity index (χ0n) is 9.97. The number of anilines is 1. The lowest BCUT2D eigenvalue weighted by Crippen LogP contribution is -2.34. The highest BCUT2D eigenvalue weighted by Gasteiger charge is 2.10. The van der Waals surface area contributed by atoms with Crippen LogP contribution in [0.5, 0.6) is 0 Å². The molecule has 1 heterocycles. The van der Waals surface area contributed by atoms with Crippen LogP contribution in [0.1, 0.15) is 23.8 Å². The van der Waals surface area contributed by atoms with Gasteiger partial charge in [0.1, 0.15) is 5.69 Å². The molecular formula is C11H17N3O2S. The third-order valence-electron chi connectivity index (χ3n) is 2.23. The summed E-state index contributed by atoms with van der Waals surface area (Å²) in [6.45, 7) is 1.88. The minimum absolute atomic E-state index is 0.0225. The van der Waals surface area contributed by atoms with Gasteiger partial charge in [-0.25, -0.2) is 4.98 Å². The zero-order valence-corrected chi connectivity index (χ0v) is 10.8. The second-order valence-corrected chi connectivity index (χ2v) is 5.47. The number of rotatable bonds is 5. The van der Waals surface area contributed by atoms with Crippen molar-refractivity contribution >= 4 is 22.4 Å². The Morgan fingerprint density at radius 2 is 2.29 bits per heavy atom. The van der Waals surface area contributed by atoms with Gasteiger partial charge in [0, 0.05) is 28.9 Å². The maximum Gasteiger partial charge on any atom is 0.270 e. The average molecular weight is 255 g/mol. The lowest BCUT2D eigenvalue weighted by Gasteiger charge is -2.12. The largest absolute Gasteiger partial charge is 0.397 e. The fraction of sp³-hybridized carbons (Fsp3) is 0.455. The number of pyridine rings is 1. The molecule has 94 valence electrons. The first-order chi connectivity index (χ1) is 7.99. The monoisotopic (exact) mass is 255 g/mol. The molecular weight excluding hydrogens is 238 g/mol. The summed E-state index contributed by atoms with van der Waals surface area (Å²) >= 11 is 0. The van der Waals surface area contributed by atoms with Gasteiger partial charge in [0.15, 0.2) is 0 Å². The standard InChI is InChI=1S/C11H17N3O2S/c1-8(5-6-17(2)16)14-11(15)10-4-3-9(12)7-13-10/h3-4,7-8H,5-6,12H2,1-2H3,(H,14,15). The molecule has 0 aliphatic rings. The molecule has 0 fully saturated rings. The summed E-state index contributed by atoms with van der Waals surface area (Å²) in [6.07, 6.45) is 3.78. The summed E-state index contributed by atoms with van der Waals surface area (Å²) in [5.41, 5.74) is 6.34. The highest BCUT2D eigenvalue weighted by atomic mass is 32.2. The van der Waals surface area contributed by atoms with Crippen molar-refractivity contribution in [2.24, 2.45) is 0 Å². The number of aromatic nitrogens is 1. The average Bonchev–Trinajstić information content (AvgIpc) is 2.27. The van der Waals surface area contributed by atoms with E-state index >= 15 is 0 Å². The molecule has 0 radical (unpaired) electrons. The molecule has 6 heteroatoms. The van der Waals surface area contributed by atoms with Crippen LogP contribution < -0.4 is 11.1 Å². The van der Waals surface area contributed by atoms with Crippen molar-refractivity contribution in [1.29, 1.82) is 0 Å². The molecule has 0 aliphatic carbocycles. The predicted octanol–water partition coefficient (Wildman–Crippen LogP) is 0.551. The summed E-state index contributed by atoms with van der Waals surface area (Å²) in [7, 11) is -0.832. The molecule has 2 unspecified atom stereocenters. The van der Waals surface area contributed by atoms with Gasteiger partial charge in [-0.15, -0.1) is 0 Å². The number of nitrogens with two attached hydrogens (primary N) is 1. The van der Waals surface area contributed by atoms with Gasteiger partial charge < -0.3 is 11.1 Å². The van der Waals surface area contributed by atoms with Gasteiger partial charge in [-0.05, 0) is 25.5 Å². The van der Waals surface area contributed by atoms with Crippen LogP contribution in [0.3, 0.4) is 0 Å². The molecule has 0 saturated heterocycles. The Morgan fingerprint density at radius 3 is 2.82 bits per heavy atom. The van der Waals surface area contributed by atoms with Crippen LogP contribution in [0, 0.1) is 0 Å². The minimum atomic E-state index is -0.832. The molecule has 1 aromatic heterocycles. The summed E-state index contributed by atoms with van der Waals surface area (Å²) in [5, 5.41) is 2.79. The Bertz CT molecular complexity index is 406. The molecule has 0 bridgehead atoms. The van der Waals surface area contributed by atoms with E-state index in [1.165, 1.54) is 6.20 Å². The normalized spacial score (nSPS) is 14.0. The molecule has 0 aromatic carbocycles. The molecule has 17 heavy (non-hydrogen) atoms. The Morgan fingerprint density at radius 1 is 1.59 bits per heavy atom. The molecule has 2 atom stereocenters. The molecule has 1 aromatic rings. The van der Waals surface area contributed by atoms with Crippen molar-refractivity contribution < 1.29 is 9.00 Å². The van der Waals surface area contributed by atoms with Gasteiger partial charge in [-0.3, -0.25) is 9.00 Å². The highest BCUT2D eigenvalue weighted by molar-refractivity contribution is 7.84. The Balaban J connectivity index is 2.48. The topological polar surface area (TPSA) is 85.1 Å². The Hall–Kier alpha value is -1.43. The van der Waals surface area contributed by atoms with E-state index in [1.807, 2.05) is 6.92 Å². The van der Waals surface area contributed by atoms with E-state index in [0.717, 1.165) is 0 Å². The molecule has 1 rings (SSSR count). The van der Waals surface area contributed by atoms with Crippen molar-refractivity contribution in [1.82, 2.24) is 10.3 Å². The van der Waals surface area contributed by atoms with E-state index < -0.39 is 10.8 Å². The van der Waals surface area contributed by atoms with Gasteiger partial charge in [-0.2, -0.15) is 0 Å². The van der Waals surface area contributed by atoms with Crippen LogP contribution in [-0.4, -0.2) is 33.2 Å². The fourth-order valence-corrected chi connectivity index (χ4v) is 1.94. The number of nitrogens with zero attached hydrogens (tertiary/aromatic N) is 1. The van der Waals surface area contributed by atoms with E-state index in [9.17, 15) is 9.00 Å². The van der Waals surface area contributed by atoms with Crippen LogP contribution in [0.4, 0.5) is 5.69 Å². The predicted molar refractivity (Wildman–Crippen MR) is 69.1 cm³/mol. The van der Waals surface area contributed by atoms with E-state index in [1.54, 1.807) is 18.4 Å². The van der Waals surface area contributed by atoms with E-state index in [4.69, 9.17) is 5.73 Å². The van der Waals surface area contributed by atoms with Crippen LogP contribution in [0.25, 0.3) is 0 Å². The third kappa shape index (κ3) is 4.95. The van der Waals surface area contributed by atoms with Crippen molar-refractivity contribution in [3.05, 3.63) is 24.0 Å². The molecule has 0 spiro atoms. The van der Waals surface area contributed by atoms with Gasteiger partial charge in [-0.1, -0.05) is 0 Å². The lowest BCUT2D eigenvalue weighted by molar-refractivity contribution is 0.0934. The summed E-state index contributed by atoms with van der Waals surface area (Å²) in [5.74, 6) is 0.343. The first-order valence-electron chi connectivity index (χ1n) is 5.31. The Kier molecular flexibility index (Phi) is 5.09. The zero-order chi connectivity index (χ0) is 12.8. The number of nitrogens with one attached hydrogen (secondary N) is 1. The second kappa shape index (κ2) is 6.34. The number of hydrogen-bond donors (Lipinski definition) is 2. The SMILES string of the molecule is CC(CCS(C)=O)NC(=O)c1ccc(N)cn1. The quantitative estimate of drug-likeness (QED) is 0.804. The third-order valence-corrected chi connectivity index (χ3v) is 3.05. The van der Waals surface area contributed by atoms with E-state index in [2.05, 4.69) is 10.3 Å². The van der Waals surface area contributed by atoms with Gasteiger partial charge in [0.2, 0.25) is 0 Å². The van der Waals surface area contributed by atoms with E-state index in [0.29, 0.717) is 23.6 Å². The molecule has 0 saturated carbocycles. The van der Waals surface area contributed by atoms with E-state index in [-0.39, 0.29) is 11.9 Å². The molecule has 5 nitrogen and oxygen atoms in total. The fourth-order valence-electron chi connectivity index (χ4n) is 1.25. The number of amides is 1. The second-order valence-electron chi connectivity index (χ2n) is 3.92. The lowest BCUT2D eigenvalue weighted by atomic mass is 10.2.